The van der Waals surface area contributed by atoms with Crippen LogP contribution in [0, 0.1) is 3.57 Å². The summed E-state index contributed by atoms with van der Waals surface area (Å²) in [6.45, 7) is 0. The first-order valence-corrected chi connectivity index (χ1v) is 8.67. The zero-order chi connectivity index (χ0) is 14.8. The summed E-state index contributed by atoms with van der Waals surface area (Å²) in [4.78, 5) is 12.5. The molecule has 0 radical (unpaired) electrons. The number of ketones is 1. The number of rotatable bonds is 3. The van der Waals surface area contributed by atoms with Crippen LogP contribution in [-0.4, -0.2) is 5.78 Å². The Balaban J connectivity index is 1.81. The summed E-state index contributed by atoms with van der Waals surface area (Å²) >= 11 is 8.30. The lowest BCUT2D eigenvalue weighted by Gasteiger charge is -2.25. The van der Waals surface area contributed by atoms with Crippen molar-refractivity contribution in [1.29, 1.82) is 0 Å². The van der Waals surface area contributed by atoms with Crippen LogP contribution in [0.3, 0.4) is 0 Å². The standard InChI is InChI=1S/C18H16ClIO/c19-16-10-14(8-9-17(16)20)18(21)11-13-6-3-5-12-4-1-2-7-15(12)13/h1-2,4,7-10,13H,3,5-6,11H2. The predicted molar refractivity (Wildman–Crippen MR) is 95.2 cm³/mol. The molecule has 0 aromatic heterocycles. The first kappa shape index (κ1) is 15.0. The lowest BCUT2D eigenvalue weighted by Crippen LogP contribution is -2.14. The molecule has 0 spiro atoms. The fourth-order valence-electron chi connectivity index (χ4n) is 3.08. The van der Waals surface area contributed by atoms with Crippen molar-refractivity contribution in [3.63, 3.8) is 0 Å². The highest BCUT2D eigenvalue weighted by Crippen LogP contribution is 2.35. The van der Waals surface area contributed by atoms with Gasteiger partial charge in [0.1, 0.15) is 0 Å². The van der Waals surface area contributed by atoms with Gasteiger partial charge < -0.3 is 0 Å². The van der Waals surface area contributed by atoms with Gasteiger partial charge in [-0.05, 0) is 71.0 Å². The van der Waals surface area contributed by atoms with Gasteiger partial charge in [-0.2, -0.15) is 0 Å². The maximum atomic E-state index is 12.5. The Bertz CT molecular complexity index is 681. The molecule has 108 valence electrons. The molecule has 0 fully saturated rings. The average molecular weight is 411 g/mol. The molecule has 1 aliphatic rings. The second-order valence-corrected chi connectivity index (χ2v) is 7.11. The van der Waals surface area contributed by atoms with E-state index < -0.39 is 0 Å². The van der Waals surface area contributed by atoms with Crippen molar-refractivity contribution in [3.05, 3.63) is 67.7 Å². The number of hydrogen-bond acceptors (Lipinski definition) is 1. The van der Waals surface area contributed by atoms with Crippen molar-refractivity contribution in [3.8, 4) is 0 Å². The Morgan fingerprint density at radius 1 is 1.24 bits per heavy atom. The second kappa shape index (κ2) is 6.49. The summed E-state index contributed by atoms with van der Waals surface area (Å²) in [6, 6.07) is 14.1. The number of carbonyl (C=O) groups excluding carboxylic acids is 1. The van der Waals surface area contributed by atoms with Gasteiger partial charge in [0.25, 0.3) is 0 Å². The molecule has 0 bridgehead atoms. The van der Waals surface area contributed by atoms with Gasteiger partial charge >= 0.3 is 0 Å². The first-order chi connectivity index (χ1) is 10.1. The molecule has 0 N–H and O–H groups in total. The van der Waals surface area contributed by atoms with Crippen LogP contribution in [0.5, 0.6) is 0 Å². The van der Waals surface area contributed by atoms with Gasteiger partial charge in [0.2, 0.25) is 0 Å². The van der Waals surface area contributed by atoms with Crippen molar-refractivity contribution in [2.24, 2.45) is 0 Å². The highest BCUT2D eigenvalue weighted by Gasteiger charge is 2.23. The van der Waals surface area contributed by atoms with Crippen LogP contribution in [0.25, 0.3) is 0 Å². The van der Waals surface area contributed by atoms with Crippen molar-refractivity contribution in [2.75, 3.05) is 0 Å². The summed E-state index contributed by atoms with van der Waals surface area (Å²) in [5.41, 5.74) is 3.49. The van der Waals surface area contributed by atoms with Gasteiger partial charge in [0, 0.05) is 15.6 Å². The number of halogens is 2. The lowest BCUT2D eigenvalue weighted by atomic mass is 9.79. The third-order valence-corrected chi connectivity index (χ3v) is 5.74. The van der Waals surface area contributed by atoms with E-state index in [4.69, 9.17) is 11.6 Å². The van der Waals surface area contributed by atoms with Crippen molar-refractivity contribution in [1.82, 2.24) is 0 Å². The third-order valence-electron chi connectivity index (χ3n) is 4.17. The molecule has 2 aromatic carbocycles. The first-order valence-electron chi connectivity index (χ1n) is 7.21. The van der Waals surface area contributed by atoms with E-state index in [-0.39, 0.29) is 5.78 Å². The van der Waals surface area contributed by atoms with E-state index in [0.29, 0.717) is 17.4 Å². The van der Waals surface area contributed by atoms with Gasteiger partial charge in [-0.25, -0.2) is 0 Å². The van der Waals surface area contributed by atoms with E-state index in [2.05, 4.69) is 46.9 Å². The lowest BCUT2D eigenvalue weighted by molar-refractivity contribution is 0.0971. The van der Waals surface area contributed by atoms with Crippen LogP contribution < -0.4 is 0 Å². The highest BCUT2D eigenvalue weighted by atomic mass is 127. The van der Waals surface area contributed by atoms with Crippen LogP contribution in [0.1, 0.15) is 46.7 Å². The van der Waals surface area contributed by atoms with Crippen LogP contribution in [0.2, 0.25) is 5.02 Å². The molecular formula is C18H16ClIO. The molecule has 1 unspecified atom stereocenters. The number of carbonyl (C=O) groups is 1. The molecular weight excluding hydrogens is 395 g/mol. The van der Waals surface area contributed by atoms with Gasteiger partial charge in [-0.15, -0.1) is 0 Å². The van der Waals surface area contributed by atoms with E-state index in [0.717, 1.165) is 22.0 Å². The van der Waals surface area contributed by atoms with E-state index >= 15 is 0 Å². The Hall–Kier alpha value is -0.870. The number of benzene rings is 2. The molecule has 0 aliphatic heterocycles. The molecule has 0 saturated heterocycles. The topological polar surface area (TPSA) is 17.1 Å². The Morgan fingerprint density at radius 3 is 2.86 bits per heavy atom. The largest absolute Gasteiger partial charge is 0.294 e. The number of aryl methyl sites for hydroxylation is 1. The van der Waals surface area contributed by atoms with Crippen LogP contribution in [0.4, 0.5) is 0 Å². The molecule has 0 saturated carbocycles. The van der Waals surface area contributed by atoms with Gasteiger partial charge in [-0.1, -0.05) is 41.9 Å². The van der Waals surface area contributed by atoms with Crippen LogP contribution >= 0.6 is 34.2 Å². The summed E-state index contributed by atoms with van der Waals surface area (Å²) < 4.78 is 0.980. The molecule has 3 rings (SSSR count). The highest BCUT2D eigenvalue weighted by molar-refractivity contribution is 14.1. The SMILES string of the molecule is O=C(CC1CCCc2ccccc21)c1ccc(I)c(Cl)c1. The van der Waals surface area contributed by atoms with Crippen molar-refractivity contribution >= 4 is 40.0 Å². The summed E-state index contributed by atoms with van der Waals surface area (Å²) in [7, 11) is 0. The summed E-state index contributed by atoms with van der Waals surface area (Å²) in [5, 5.41) is 0.658. The fraction of sp³-hybridized carbons (Fsp3) is 0.278. The smallest absolute Gasteiger partial charge is 0.163 e. The average Bonchev–Trinajstić information content (AvgIpc) is 2.50. The van der Waals surface area contributed by atoms with E-state index in [9.17, 15) is 4.79 Å². The molecule has 1 nitrogen and oxygen atoms in total. The summed E-state index contributed by atoms with van der Waals surface area (Å²) in [5.74, 6) is 0.538. The molecule has 0 amide bonds. The molecule has 1 atom stereocenters. The number of Topliss-reactive ketones (excluding diaryl/α,β-unsaturated/α-hetero) is 1. The Labute approximate surface area is 143 Å². The minimum absolute atomic E-state index is 0.190. The predicted octanol–water partition coefficient (Wildman–Crippen LogP) is 5.64. The Kier molecular flexibility index (Phi) is 4.65. The van der Waals surface area contributed by atoms with E-state index in [1.807, 2.05) is 12.1 Å². The quantitative estimate of drug-likeness (QED) is 0.473. The van der Waals surface area contributed by atoms with Crippen LogP contribution in [-0.2, 0) is 6.42 Å². The molecule has 21 heavy (non-hydrogen) atoms. The zero-order valence-corrected chi connectivity index (χ0v) is 14.5. The number of fused-ring (bicyclic) bond motifs is 1. The third kappa shape index (κ3) is 3.32. The zero-order valence-electron chi connectivity index (χ0n) is 11.6. The van der Waals surface area contributed by atoms with Crippen LogP contribution in [0.15, 0.2) is 42.5 Å². The van der Waals surface area contributed by atoms with Crippen molar-refractivity contribution < 1.29 is 4.79 Å². The van der Waals surface area contributed by atoms with E-state index in [1.54, 1.807) is 6.07 Å². The molecule has 3 heteroatoms. The van der Waals surface area contributed by atoms with E-state index in [1.165, 1.54) is 17.5 Å². The number of hydrogen-bond donors (Lipinski definition) is 0. The summed E-state index contributed by atoms with van der Waals surface area (Å²) in [6.07, 6.45) is 3.98. The normalized spacial score (nSPS) is 17.3. The van der Waals surface area contributed by atoms with Gasteiger partial charge in [0.15, 0.2) is 5.78 Å². The monoisotopic (exact) mass is 410 g/mol. The van der Waals surface area contributed by atoms with Crippen molar-refractivity contribution in [2.45, 2.75) is 31.6 Å². The molecule has 0 heterocycles. The molecule has 2 aromatic rings. The fourth-order valence-corrected chi connectivity index (χ4v) is 3.59. The second-order valence-electron chi connectivity index (χ2n) is 5.54. The minimum atomic E-state index is 0.190. The van der Waals surface area contributed by atoms with Gasteiger partial charge in [-0.3, -0.25) is 4.79 Å². The molecule has 1 aliphatic carbocycles. The van der Waals surface area contributed by atoms with Gasteiger partial charge in [0.05, 0.1) is 5.02 Å². The maximum absolute atomic E-state index is 12.5. The minimum Gasteiger partial charge on any atom is -0.294 e. The maximum Gasteiger partial charge on any atom is 0.163 e. The Morgan fingerprint density at radius 2 is 2.05 bits per heavy atom.